The first-order valence-corrected chi connectivity index (χ1v) is 7.77. The summed E-state index contributed by atoms with van der Waals surface area (Å²) in [6.45, 7) is 6.61. The molecule has 0 aliphatic carbocycles. The van der Waals surface area contributed by atoms with Crippen LogP contribution in [0.2, 0.25) is 0 Å². The highest BCUT2D eigenvalue weighted by Crippen LogP contribution is 2.05. The monoisotopic (exact) mass is 326 g/mol. The largest absolute Gasteiger partial charge is 0.382 e. The topological polar surface area (TPSA) is 76.7 Å². The quantitative estimate of drug-likeness (QED) is 0.644. The molecular weight excluding hydrogens is 296 g/mol. The van der Waals surface area contributed by atoms with Gasteiger partial charge in [0.1, 0.15) is 0 Å². The number of nitrogens with one attached hydrogen (secondary N) is 2. The summed E-state index contributed by atoms with van der Waals surface area (Å²) in [4.78, 5) is 23.8. The van der Waals surface area contributed by atoms with Crippen LogP contribution in [-0.4, -0.2) is 51.8 Å². The lowest BCUT2D eigenvalue weighted by atomic mass is 10.1. The van der Waals surface area contributed by atoms with Gasteiger partial charge in [-0.05, 0) is 30.2 Å². The van der Waals surface area contributed by atoms with Crippen molar-refractivity contribution in [2.24, 2.45) is 5.92 Å². The number of ether oxygens (including phenoxy) is 2. The van der Waals surface area contributed by atoms with Crippen LogP contribution in [0.25, 0.3) is 0 Å². The lowest BCUT2D eigenvalue weighted by molar-refractivity contribution is 0.0692. The third-order valence-electron chi connectivity index (χ3n) is 3.04. The van der Waals surface area contributed by atoms with Crippen molar-refractivity contribution in [1.82, 2.24) is 10.6 Å². The predicted octanol–water partition coefficient (Wildman–Crippen LogP) is 1.96. The van der Waals surface area contributed by atoms with Gasteiger partial charge in [0, 0.05) is 34.2 Å². The van der Waals surface area contributed by atoms with Gasteiger partial charge in [-0.3, -0.25) is 9.59 Å². The number of benzene rings is 1. The van der Waals surface area contributed by atoms with Crippen molar-refractivity contribution in [2.45, 2.75) is 13.8 Å². The van der Waals surface area contributed by atoms with Gasteiger partial charge in [-0.25, -0.2) is 0 Å². The molecule has 0 saturated carbocycles. The van der Waals surface area contributed by atoms with Crippen molar-refractivity contribution in [3.8, 4) is 0 Å². The van der Waals surface area contributed by atoms with Crippen LogP contribution in [0.15, 0.2) is 24.3 Å². The molecule has 2 amide bonds. The lowest BCUT2D eigenvalue weighted by Gasteiger charge is -2.09. The summed E-state index contributed by atoms with van der Waals surface area (Å²) in [7, 11) is 1.61. The Hall–Kier alpha value is -1.92. The fourth-order valence-corrected chi connectivity index (χ4v) is 1.75. The van der Waals surface area contributed by atoms with E-state index in [0.717, 1.165) is 0 Å². The van der Waals surface area contributed by atoms with Crippen molar-refractivity contribution >= 4 is 11.8 Å². The molecule has 0 spiro atoms. The van der Waals surface area contributed by atoms with Gasteiger partial charge in [-0.15, -0.1) is 0 Å². The van der Waals surface area contributed by atoms with Gasteiger partial charge in [0.15, 0.2) is 0 Å². The molecule has 0 aliphatic heterocycles. The zero-order valence-corrected chi connectivity index (χ0v) is 14.1. The first kappa shape index (κ1) is 19.1. The molecule has 2 N–H and O–H groups in total. The van der Waals surface area contributed by atoms with Crippen molar-refractivity contribution in [2.75, 3.05) is 40.0 Å². The van der Waals surface area contributed by atoms with Crippen molar-refractivity contribution < 1.29 is 21.9 Å². The predicted molar refractivity (Wildman–Crippen MR) is 92.9 cm³/mol. The second-order valence-corrected chi connectivity index (χ2v) is 5.54. The van der Waals surface area contributed by atoms with Gasteiger partial charge in [0.05, 0.1) is 19.8 Å². The van der Waals surface area contributed by atoms with Gasteiger partial charge in [0.25, 0.3) is 11.8 Å². The number of methoxy groups -OCH3 is 1. The minimum absolute atomic E-state index is 0. The fourth-order valence-electron chi connectivity index (χ4n) is 1.75. The number of rotatable bonds is 10. The Morgan fingerprint density at radius 1 is 1.00 bits per heavy atom. The zero-order valence-electron chi connectivity index (χ0n) is 14.1. The molecule has 0 atom stereocenters. The number of carbonyl (C=O) groups is 2. The van der Waals surface area contributed by atoms with E-state index in [2.05, 4.69) is 10.6 Å². The number of hydrogen-bond acceptors (Lipinski definition) is 4. The Bertz CT molecular complexity index is 496. The molecule has 0 unspecified atom stereocenters. The highest BCUT2D eigenvalue weighted by atomic mass is 16.5. The molecule has 1 rings (SSSR count). The fraction of sp³-hybridized carbons (Fsp3) is 0.529. The normalized spacial score (nSPS) is 10.6. The molecule has 6 heteroatoms. The van der Waals surface area contributed by atoms with Crippen molar-refractivity contribution in [1.29, 1.82) is 0 Å². The molecule has 0 heterocycles. The minimum atomic E-state index is -0.186. The smallest absolute Gasteiger partial charge is 0.251 e. The van der Waals surface area contributed by atoms with Gasteiger partial charge < -0.3 is 20.1 Å². The average Bonchev–Trinajstić information content (AvgIpc) is 2.55. The first-order valence-electron chi connectivity index (χ1n) is 7.77. The first-order chi connectivity index (χ1) is 11.0. The molecule has 23 heavy (non-hydrogen) atoms. The molecule has 0 aromatic heterocycles. The van der Waals surface area contributed by atoms with Gasteiger partial charge in [-0.1, -0.05) is 13.8 Å². The highest BCUT2D eigenvalue weighted by molar-refractivity contribution is 5.97. The van der Waals surface area contributed by atoms with E-state index < -0.39 is 0 Å². The molecule has 0 bridgehead atoms. The summed E-state index contributed by atoms with van der Waals surface area (Å²) >= 11 is 0. The van der Waals surface area contributed by atoms with E-state index in [1.807, 2.05) is 13.8 Å². The number of carbonyl (C=O) groups excluding carboxylic acids is 2. The van der Waals surface area contributed by atoms with Crippen LogP contribution >= 0.6 is 0 Å². The highest BCUT2D eigenvalue weighted by Gasteiger charge is 2.08. The maximum absolute atomic E-state index is 11.9. The summed E-state index contributed by atoms with van der Waals surface area (Å²) in [6.07, 6.45) is 0. The Morgan fingerprint density at radius 2 is 1.57 bits per heavy atom. The lowest BCUT2D eigenvalue weighted by Crippen LogP contribution is -2.28. The van der Waals surface area contributed by atoms with Crippen molar-refractivity contribution in [3.05, 3.63) is 35.4 Å². The van der Waals surface area contributed by atoms with Crippen LogP contribution < -0.4 is 10.6 Å². The van der Waals surface area contributed by atoms with Crippen molar-refractivity contribution in [3.63, 3.8) is 0 Å². The van der Waals surface area contributed by atoms with E-state index in [1.54, 1.807) is 31.4 Å². The van der Waals surface area contributed by atoms with Crippen LogP contribution in [0, 0.1) is 5.92 Å². The molecule has 6 nitrogen and oxygen atoms in total. The SMILES string of the molecule is COCCOCCNC(=O)c1ccc(C(=O)NCC(C)C)cc1.[HH].[HH]. The Labute approximate surface area is 140 Å². The molecule has 0 radical (unpaired) electrons. The summed E-state index contributed by atoms with van der Waals surface area (Å²) in [5.74, 6) is 0.0850. The standard InChI is InChI=1S/C17H26N2O4.2H2/c1-13(2)12-19-17(21)15-6-4-14(5-7-15)16(20)18-8-9-23-11-10-22-3;;/h4-7,13H,8-12H2,1-3H3,(H,18,20)(H,19,21);2*1H. The summed E-state index contributed by atoms with van der Waals surface area (Å²) in [5.41, 5.74) is 1.06. The third kappa shape index (κ3) is 7.76. The van der Waals surface area contributed by atoms with Crippen LogP contribution in [-0.2, 0) is 9.47 Å². The third-order valence-corrected chi connectivity index (χ3v) is 3.04. The van der Waals surface area contributed by atoms with Crippen LogP contribution in [0.1, 0.15) is 37.4 Å². The van der Waals surface area contributed by atoms with Crippen LogP contribution in [0.5, 0.6) is 0 Å². The van der Waals surface area contributed by atoms with Gasteiger partial charge in [0.2, 0.25) is 0 Å². The van der Waals surface area contributed by atoms with Crippen LogP contribution in [0.4, 0.5) is 0 Å². The van der Waals surface area contributed by atoms with E-state index in [1.165, 1.54) is 0 Å². The molecule has 0 fully saturated rings. The molecule has 1 aromatic rings. The molecule has 1 aromatic carbocycles. The van der Waals surface area contributed by atoms with Gasteiger partial charge in [-0.2, -0.15) is 0 Å². The molecule has 0 aliphatic rings. The Balaban J connectivity index is 0. The van der Waals surface area contributed by atoms with E-state index >= 15 is 0 Å². The summed E-state index contributed by atoms with van der Waals surface area (Å²) in [5, 5.41) is 5.60. The number of hydrogen-bond donors (Lipinski definition) is 2. The molecule has 132 valence electrons. The maximum Gasteiger partial charge on any atom is 0.251 e. The minimum Gasteiger partial charge on any atom is -0.382 e. The second-order valence-electron chi connectivity index (χ2n) is 5.54. The summed E-state index contributed by atoms with van der Waals surface area (Å²) in [6, 6.07) is 6.59. The summed E-state index contributed by atoms with van der Waals surface area (Å²) < 4.78 is 10.1. The maximum atomic E-state index is 11.9. The molecule has 0 saturated heterocycles. The average molecular weight is 326 g/mol. The van der Waals surface area contributed by atoms with E-state index in [4.69, 9.17) is 9.47 Å². The van der Waals surface area contributed by atoms with Gasteiger partial charge >= 0.3 is 0 Å². The van der Waals surface area contributed by atoms with E-state index in [9.17, 15) is 9.59 Å². The molecular formula is C17H30N2O4. The second kappa shape index (κ2) is 10.7. The number of amides is 2. The van der Waals surface area contributed by atoms with E-state index in [-0.39, 0.29) is 14.7 Å². The Morgan fingerprint density at radius 3 is 2.09 bits per heavy atom. The van der Waals surface area contributed by atoms with E-state index in [0.29, 0.717) is 50.0 Å². The zero-order chi connectivity index (χ0) is 17.1. The Kier molecular flexibility index (Phi) is 8.94. The van der Waals surface area contributed by atoms with Crippen LogP contribution in [0.3, 0.4) is 0 Å².